The molecule has 0 aliphatic rings. The van der Waals surface area contributed by atoms with Crippen LogP contribution in [0.4, 0.5) is 0 Å². The molecule has 0 aliphatic carbocycles. The number of hydrogen-bond acceptors (Lipinski definition) is 2. The average Bonchev–Trinajstić information content (AvgIpc) is 2.29. The lowest BCUT2D eigenvalue weighted by molar-refractivity contribution is -0.00243. The number of rotatable bonds is 5. The van der Waals surface area contributed by atoms with Gasteiger partial charge in [-0.1, -0.05) is 58.4 Å². The Morgan fingerprint density at radius 1 is 1.17 bits per heavy atom. The van der Waals surface area contributed by atoms with Gasteiger partial charge in [-0.2, -0.15) is 0 Å². The molecule has 0 heterocycles. The van der Waals surface area contributed by atoms with Crippen molar-refractivity contribution in [2.75, 3.05) is 7.11 Å². The van der Waals surface area contributed by atoms with Crippen LogP contribution >= 0.6 is 0 Å². The van der Waals surface area contributed by atoms with Gasteiger partial charge in [-0.25, -0.2) is 0 Å². The van der Waals surface area contributed by atoms with Gasteiger partial charge in [0.15, 0.2) is 0 Å². The summed E-state index contributed by atoms with van der Waals surface area (Å²) in [6.07, 6.45) is 2.32. The van der Waals surface area contributed by atoms with Gasteiger partial charge in [-0.3, -0.25) is 0 Å². The minimum atomic E-state index is -0.0781. The van der Waals surface area contributed by atoms with Crippen molar-refractivity contribution in [2.45, 2.75) is 52.7 Å². The lowest BCUT2D eigenvalue weighted by Crippen LogP contribution is -2.38. The van der Waals surface area contributed by atoms with E-state index in [-0.39, 0.29) is 17.6 Å². The SMILES string of the molecule is CCCc1ccc(C(N)C(OC)C(C)(C)C)cc1. The number of aryl methyl sites for hydroxylation is 1. The van der Waals surface area contributed by atoms with E-state index in [1.165, 1.54) is 12.0 Å². The highest BCUT2D eigenvalue weighted by atomic mass is 16.5. The van der Waals surface area contributed by atoms with E-state index < -0.39 is 0 Å². The Bertz CT molecular complexity index is 350. The fourth-order valence-electron chi connectivity index (χ4n) is 2.41. The third-order valence-electron chi connectivity index (χ3n) is 3.34. The van der Waals surface area contributed by atoms with Gasteiger partial charge in [0.2, 0.25) is 0 Å². The summed E-state index contributed by atoms with van der Waals surface area (Å²) in [4.78, 5) is 0. The second-order valence-corrected chi connectivity index (χ2v) is 6.04. The minimum absolute atomic E-state index is 0.0227. The summed E-state index contributed by atoms with van der Waals surface area (Å²) < 4.78 is 5.58. The van der Waals surface area contributed by atoms with E-state index >= 15 is 0 Å². The molecule has 2 N–H and O–H groups in total. The van der Waals surface area contributed by atoms with E-state index in [0.717, 1.165) is 12.0 Å². The summed E-state index contributed by atoms with van der Waals surface area (Å²) >= 11 is 0. The molecule has 1 rings (SSSR count). The molecule has 2 heteroatoms. The summed E-state index contributed by atoms with van der Waals surface area (Å²) in [5, 5.41) is 0. The highest BCUT2D eigenvalue weighted by Crippen LogP contribution is 2.31. The summed E-state index contributed by atoms with van der Waals surface area (Å²) in [6.45, 7) is 8.67. The van der Waals surface area contributed by atoms with Crippen LogP contribution in [0.1, 0.15) is 51.3 Å². The van der Waals surface area contributed by atoms with Crippen molar-refractivity contribution in [1.82, 2.24) is 0 Å². The van der Waals surface area contributed by atoms with Crippen LogP contribution in [0.3, 0.4) is 0 Å². The zero-order chi connectivity index (χ0) is 13.8. The second kappa shape index (κ2) is 6.35. The van der Waals surface area contributed by atoms with Gasteiger partial charge in [0.25, 0.3) is 0 Å². The minimum Gasteiger partial charge on any atom is -0.379 e. The van der Waals surface area contributed by atoms with Gasteiger partial charge in [0.1, 0.15) is 0 Å². The average molecular weight is 249 g/mol. The number of ether oxygens (including phenoxy) is 1. The number of methoxy groups -OCH3 is 1. The maximum atomic E-state index is 6.33. The molecular weight excluding hydrogens is 222 g/mol. The van der Waals surface area contributed by atoms with Crippen molar-refractivity contribution in [3.8, 4) is 0 Å². The number of hydrogen-bond donors (Lipinski definition) is 1. The first-order valence-electron chi connectivity index (χ1n) is 6.77. The molecule has 0 spiro atoms. The monoisotopic (exact) mass is 249 g/mol. The largest absolute Gasteiger partial charge is 0.379 e. The quantitative estimate of drug-likeness (QED) is 0.863. The molecule has 2 nitrogen and oxygen atoms in total. The molecular formula is C16H27NO. The molecule has 0 bridgehead atoms. The third-order valence-corrected chi connectivity index (χ3v) is 3.34. The van der Waals surface area contributed by atoms with Gasteiger partial charge in [0, 0.05) is 7.11 Å². The molecule has 0 radical (unpaired) electrons. The van der Waals surface area contributed by atoms with Crippen molar-refractivity contribution >= 4 is 0 Å². The predicted octanol–water partition coefficient (Wildman–Crippen LogP) is 3.70. The Labute approximate surface area is 112 Å². The molecule has 18 heavy (non-hydrogen) atoms. The zero-order valence-corrected chi connectivity index (χ0v) is 12.4. The highest BCUT2D eigenvalue weighted by Gasteiger charge is 2.30. The maximum absolute atomic E-state index is 6.33. The molecule has 2 atom stereocenters. The first kappa shape index (κ1) is 15.2. The topological polar surface area (TPSA) is 35.2 Å². The van der Waals surface area contributed by atoms with Crippen molar-refractivity contribution in [2.24, 2.45) is 11.1 Å². The molecule has 0 saturated carbocycles. The Kier molecular flexibility index (Phi) is 5.36. The standard InChI is InChI=1S/C16H27NO/c1-6-7-12-8-10-13(11-9-12)14(17)15(18-5)16(2,3)4/h8-11,14-15H,6-7,17H2,1-5H3. The highest BCUT2D eigenvalue weighted by molar-refractivity contribution is 5.26. The lowest BCUT2D eigenvalue weighted by Gasteiger charge is -2.34. The Hall–Kier alpha value is -0.860. The van der Waals surface area contributed by atoms with Gasteiger partial charge < -0.3 is 10.5 Å². The van der Waals surface area contributed by atoms with Crippen molar-refractivity contribution in [3.05, 3.63) is 35.4 Å². The van der Waals surface area contributed by atoms with Crippen molar-refractivity contribution < 1.29 is 4.74 Å². The van der Waals surface area contributed by atoms with Gasteiger partial charge in [-0.05, 0) is 23.0 Å². The van der Waals surface area contributed by atoms with Gasteiger partial charge >= 0.3 is 0 Å². The summed E-state index contributed by atoms with van der Waals surface area (Å²) in [6, 6.07) is 8.54. The molecule has 102 valence electrons. The molecule has 1 aromatic carbocycles. The van der Waals surface area contributed by atoms with Crippen LogP contribution in [0.25, 0.3) is 0 Å². The predicted molar refractivity (Wildman–Crippen MR) is 77.6 cm³/mol. The second-order valence-electron chi connectivity index (χ2n) is 6.04. The van der Waals surface area contributed by atoms with Crippen LogP contribution < -0.4 is 5.73 Å². The molecule has 0 saturated heterocycles. The number of nitrogens with two attached hydrogens (primary N) is 1. The van der Waals surface area contributed by atoms with Crippen molar-refractivity contribution in [1.29, 1.82) is 0 Å². The first-order chi connectivity index (χ1) is 8.40. The van der Waals surface area contributed by atoms with E-state index in [9.17, 15) is 0 Å². The van der Waals surface area contributed by atoms with Crippen LogP contribution in [-0.2, 0) is 11.2 Å². The van der Waals surface area contributed by atoms with E-state index in [1.807, 2.05) is 0 Å². The van der Waals surface area contributed by atoms with Crippen LogP contribution in [0, 0.1) is 5.41 Å². The summed E-state index contributed by atoms with van der Waals surface area (Å²) in [5.41, 5.74) is 8.90. The Morgan fingerprint density at radius 2 is 1.72 bits per heavy atom. The fourth-order valence-corrected chi connectivity index (χ4v) is 2.41. The van der Waals surface area contributed by atoms with Crippen LogP contribution in [0.5, 0.6) is 0 Å². The van der Waals surface area contributed by atoms with Gasteiger partial charge in [-0.15, -0.1) is 0 Å². The maximum Gasteiger partial charge on any atom is 0.0811 e. The zero-order valence-electron chi connectivity index (χ0n) is 12.4. The molecule has 0 amide bonds. The van der Waals surface area contributed by atoms with Gasteiger partial charge in [0.05, 0.1) is 12.1 Å². The molecule has 0 aromatic heterocycles. The Morgan fingerprint density at radius 3 is 2.11 bits per heavy atom. The van der Waals surface area contributed by atoms with Crippen LogP contribution in [0.2, 0.25) is 0 Å². The molecule has 2 unspecified atom stereocenters. The lowest BCUT2D eigenvalue weighted by atomic mass is 9.82. The molecule has 0 aliphatic heterocycles. The van der Waals surface area contributed by atoms with E-state index in [0.29, 0.717) is 0 Å². The summed E-state index contributed by atoms with van der Waals surface area (Å²) in [7, 11) is 1.74. The normalized spacial score (nSPS) is 15.4. The summed E-state index contributed by atoms with van der Waals surface area (Å²) in [5.74, 6) is 0. The van der Waals surface area contributed by atoms with E-state index in [2.05, 4.69) is 52.0 Å². The first-order valence-corrected chi connectivity index (χ1v) is 6.77. The Balaban J connectivity index is 2.85. The molecule has 1 aromatic rings. The molecule has 0 fully saturated rings. The van der Waals surface area contributed by atoms with Crippen molar-refractivity contribution in [3.63, 3.8) is 0 Å². The van der Waals surface area contributed by atoms with Crippen LogP contribution in [0.15, 0.2) is 24.3 Å². The fraction of sp³-hybridized carbons (Fsp3) is 0.625. The van der Waals surface area contributed by atoms with E-state index in [4.69, 9.17) is 10.5 Å². The third kappa shape index (κ3) is 3.82. The van der Waals surface area contributed by atoms with Crippen LogP contribution in [-0.4, -0.2) is 13.2 Å². The smallest absolute Gasteiger partial charge is 0.0811 e. The number of benzene rings is 1. The van der Waals surface area contributed by atoms with E-state index in [1.54, 1.807) is 7.11 Å².